The predicted molar refractivity (Wildman–Crippen MR) is 79.2 cm³/mol. The molecule has 0 aliphatic heterocycles. The van der Waals surface area contributed by atoms with Crippen LogP contribution >= 0.6 is 0 Å². The molecule has 1 aromatic rings. The summed E-state index contributed by atoms with van der Waals surface area (Å²) in [7, 11) is 0. The van der Waals surface area contributed by atoms with Gasteiger partial charge in [0.1, 0.15) is 0 Å². The SMILES string of the molecule is CC(C)(CN)CNc1ncc(C2CCCCC2)cn1. The van der Waals surface area contributed by atoms with E-state index in [1.807, 2.05) is 12.4 Å². The first-order valence-corrected chi connectivity index (χ1v) is 7.37. The molecule has 1 aliphatic carbocycles. The van der Waals surface area contributed by atoms with Crippen LogP contribution in [0.2, 0.25) is 0 Å². The second-order valence-corrected chi connectivity index (χ2v) is 6.40. The molecule has 0 radical (unpaired) electrons. The summed E-state index contributed by atoms with van der Waals surface area (Å²) in [4.78, 5) is 8.86. The van der Waals surface area contributed by atoms with Crippen LogP contribution in [0.1, 0.15) is 57.4 Å². The number of aromatic nitrogens is 2. The third kappa shape index (κ3) is 4.16. The number of rotatable bonds is 5. The summed E-state index contributed by atoms with van der Waals surface area (Å²) in [6.45, 7) is 5.72. The van der Waals surface area contributed by atoms with Crippen LogP contribution in [0.5, 0.6) is 0 Å². The van der Waals surface area contributed by atoms with Crippen LogP contribution in [0.3, 0.4) is 0 Å². The van der Waals surface area contributed by atoms with Gasteiger partial charge >= 0.3 is 0 Å². The van der Waals surface area contributed by atoms with Crippen molar-refractivity contribution in [1.29, 1.82) is 0 Å². The molecule has 1 aliphatic rings. The maximum Gasteiger partial charge on any atom is 0.222 e. The summed E-state index contributed by atoms with van der Waals surface area (Å²) in [5.74, 6) is 1.38. The van der Waals surface area contributed by atoms with E-state index in [1.54, 1.807) is 0 Å². The lowest BCUT2D eigenvalue weighted by Crippen LogP contribution is -2.31. The van der Waals surface area contributed by atoms with Crippen molar-refractivity contribution in [1.82, 2.24) is 9.97 Å². The van der Waals surface area contributed by atoms with Gasteiger partial charge in [-0.2, -0.15) is 0 Å². The number of hydrogen-bond donors (Lipinski definition) is 2. The zero-order chi connectivity index (χ0) is 13.7. The number of nitrogens with zero attached hydrogens (tertiary/aromatic N) is 2. The molecule has 1 heterocycles. The average molecular weight is 262 g/mol. The van der Waals surface area contributed by atoms with Crippen molar-refractivity contribution < 1.29 is 0 Å². The van der Waals surface area contributed by atoms with Crippen molar-refractivity contribution in [3.8, 4) is 0 Å². The van der Waals surface area contributed by atoms with Gasteiger partial charge in [-0.25, -0.2) is 9.97 Å². The van der Waals surface area contributed by atoms with Gasteiger partial charge in [0.15, 0.2) is 0 Å². The Morgan fingerprint density at radius 3 is 2.42 bits per heavy atom. The fourth-order valence-electron chi connectivity index (χ4n) is 2.47. The summed E-state index contributed by atoms with van der Waals surface area (Å²) in [6, 6.07) is 0. The smallest absolute Gasteiger partial charge is 0.222 e. The van der Waals surface area contributed by atoms with Gasteiger partial charge in [0.05, 0.1) is 0 Å². The maximum absolute atomic E-state index is 5.71. The van der Waals surface area contributed by atoms with Crippen molar-refractivity contribution in [2.45, 2.75) is 51.9 Å². The zero-order valence-electron chi connectivity index (χ0n) is 12.2. The largest absolute Gasteiger partial charge is 0.354 e. The summed E-state index contributed by atoms with van der Waals surface area (Å²) in [5.41, 5.74) is 7.08. The van der Waals surface area contributed by atoms with E-state index < -0.39 is 0 Å². The van der Waals surface area contributed by atoms with Gasteiger partial charge < -0.3 is 11.1 Å². The van der Waals surface area contributed by atoms with Crippen molar-refractivity contribution in [2.75, 3.05) is 18.4 Å². The van der Waals surface area contributed by atoms with Gasteiger partial charge in [0, 0.05) is 18.9 Å². The molecule has 4 heteroatoms. The summed E-state index contributed by atoms with van der Waals surface area (Å²) in [6.07, 6.45) is 10.6. The first kappa shape index (κ1) is 14.3. The molecule has 1 fully saturated rings. The lowest BCUT2D eigenvalue weighted by molar-refractivity contribution is 0.404. The summed E-state index contributed by atoms with van der Waals surface area (Å²) < 4.78 is 0. The molecule has 0 unspecified atom stereocenters. The molecule has 0 atom stereocenters. The Labute approximate surface area is 116 Å². The fraction of sp³-hybridized carbons (Fsp3) is 0.733. The molecular weight excluding hydrogens is 236 g/mol. The first-order valence-electron chi connectivity index (χ1n) is 7.37. The highest BCUT2D eigenvalue weighted by Crippen LogP contribution is 2.31. The van der Waals surface area contributed by atoms with E-state index in [0.717, 1.165) is 6.54 Å². The minimum absolute atomic E-state index is 0.0748. The predicted octanol–water partition coefficient (Wildman–Crippen LogP) is 2.92. The zero-order valence-corrected chi connectivity index (χ0v) is 12.2. The number of nitrogens with one attached hydrogen (secondary N) is 1. The topological polar surface area (TPSA) is 63.8 Å². The summed E-state index contributed by atoms with van der Waals surface area (Å²) in [5, 5.41) is 3.26. The van der Waals surface area contributed by atoms with Gasteiger partial charge in [0.25, 0.3) is 0 Å². The molecule has 0 amide bonds. The number of anilines is 1. The normalized spacial score (nSPS) is 17.4. The van der Waals surface area contributed by atoms with E-state index in [1.165, 1.54) is 37.7 Å². The van der Waals surface area contributed by atoms with E-state index >= 15 is 0 Å². The van der Waals surface area contributed by atoms with Crippen molar-refractivity contribution in [2.24, 2.45) is 11.1 Å². The number of nitrogens with two attached hydrogens (primary N) is 1. The molecule has 3 N–H and O–H groups in total. The van der Waals surface area contributed by atoms with Crippen LogP contribution in [0.4, 0.5) is 5.95 Å². The van der Waals surface area contributed by atoms with Crippen LogP contribution in [0.25, 0.3) is 0 Å². The molecule has 4 nitrogen and oxygen atoms in total. The van der Waals surface area contributed by atoms with Gasteiger partial charge in [-0.3, -0.25) is 0 Å². The molecule has 1 aromatic heterocycles. The third-order valence-electron chi connectivity index (χ3n) is 4.03. The molecule has 0 spiro atoms. The lowest BCUT2D eigenvalue weighted by Gasteiger charge is -2.23. The highest BCUT2D eigenvalue weighted by Gasteiger charge is 2.17. The van der Waals surface area contributed by atoms with Crippen LogP contribution < -0.4 is 11.1 Å². The highest BCUT2D eigenvalue weighted by atomic mass is 15.1. The average Bonchev–Trinajstić information content (AvgIpc) is 2.47. The Morgan fingerprint density at radius 2 is 1.84 bits per heavy atom. The second-order valence-electron chi connectivity index (χ2n) is 6.40. The van der Waals surface area contributed by atoms with E-state index in [2.05, 4.69) is 29.1 Å². The molecule has 0 bridgehead atoms. The minimum Gasteiger partial charge on any atom is -0.354 e. The Bertz CT molecular complexity index is 380. The van der Waals surface area contributed by atoms with Crippen molar-refractivity contribution in [3.63, 3.8) is 0 Å². The quantitative estimate of drug-likeness (QED) is 0.856. The monoisotopic (exact) mass is 262 g/mol. The van der Waals surface area contributed by atoms with Gasteiger partial charge in [-0.15, -0.1) is 0 Å². The van der Waals surface area contributed by atoms with Crippen LogP contribution in [-0.4, -0.2) is 23.1 Å². The fourth-order valence-corrected chi connectivity index (χ4v) is 2.47. The third-order valence-corrected chi connectivity index (χ3v) is 4.03. The minimum atomic E-state index is 0.0748. The van der Waals surface area contributed by atoms with Crippen molar-refractivity contribution >= 4 is 5.95 Å². The molecule has 0 aromatic carbocycles. The van der Waals surface area contributed by atoms with Crippen LogP contribution in [-0.2, 0) is 0 Å². The summed E-state index contributed by atoms with van der Waals surface area (Å²) >= 11 is 0. The van der Waals surface area contributed by atoms with E-state index in [4.69, 9.17) is 5.73 Å². The number of hydrogen-bond acceptors (Lipinski definition) is 4. The second kappa shape index (κ2) is 6.33. The standard InChI is InChI=1S/C15H26N4/c1-15(2,10-16)11-19-14-17-8-13(9-18-14)12-6-4-3-5-7-12/h8-9,12H,3-7,10-11,16H2,1-2H3,(H,17,18,19). The van der Waals surface area contributed by atoms with Gasteiger partial charge in [-0.1, -0.05) is 33.1 Å². The van der Waals surface area contributed by atoms with E-state index in [-0.39, 0.29) is 5.41 Å². The Morgan fingerprint density at radius 1 is 1.21 bits per heavy atom. The van der Waals surface area contributed by atoms with E-state index in [9.17, 15) is 0 Å². The molecule has 0 saturated heterocycles. The molecule has 106 valence electrons. The van der Waals surface area contributed by atoms with Crippen LogP contribution in [0.15, 0.2) is 12.4 Å². The van der Waals surface area contributed by atoms with E-state index in [0.29, 0.717) is 18.4 Å². The van der Waals surface area contributed by atoms with Gasteiger partial charge in [-0.05, 0) is 36.3 Å². The lowest BCUT2D eigenvalue weighted by atomic mass is 9.85. The molecule has 2 rings (SSSR count). The maximum atomic E-state index is 5.71. The van der Waals surface area contributed by atoms with Gasteiger partial charge in [0.2, 0.25) is 5.95 Å². The molecule has 1 saturated carbocycles. The Hall–Kier alpha value is -1.16. The first-order chi connectivity index (χ1) is 9.11. The van der Waals surface area contributed by atoms with Crippen molar-refractivity contribution in [3.05, 3.63) is 18.0 Å². The Balaban J connectivity index is 1.91. The highest BCUT2D eigenvalue weighted by molar-refractivity contribution is 5.26. The molecule has 19 heavy (non-hydrogen) atoms. The Kier molecular flexibility index (Phi) is 4.75. The van der Waals surface area contributed by atoms with Crippen LogP contribution in [0, 0.1) is 5.41 Å². The molecular formula is C15H26N4.